The van der Waals surface area contributed by atoms with Crippen molar-refractivity contribution in [2.75, 3.05) is 5.43 Å². The van der Waals surface area contributed by atoms with Crippen molar-refractivity contribution in [1.29, 1.82) is 5.26 Å². The lowest BCUT2D eigenvalue weighted by Gasteiger charge is -2.08. The molecule has 0 spiro atoms. The Kier molecular flexibility index (Phi) is 3.50. The highest BCUT2D eigenvalue weighted by Gasteiger charge is 2.10. The number of nitrogens with one attached hydrogen (secondary N) is 1. The normalized spacial score (nSPS) is 10.5. The van der Waals surface area contributed by atoms with E-state index < -0.39 is 0 Å². The lowest BCUT2D eigenvalue weighted by atomic mass is 10.2. The fraction of sp³-hybridized carbons (Fsp3) is 0.133. The van der Waals surface area contributed by atoms with Gasteiger partial charge in [0.15, 0.2) is 0 Å². The Bertz CT molecular complexity index is 797. The minimum Gasteiger partial charge on any atom is -0.323 e. The van der Waals surface area contributed by atoms with Crippen LogP contribution in [0.5, 0.6) is 0 Å². The summed E-state index contributed by atoms with van der Waals surface area (Å²) >= 11 is 0. The maximum absolute atomic E-state index is 8.97. The minimum atomic E-state index is 0.282. The highest BCUT2D eigenvalue weighted by molar-refractivity contribution is 5.76. The predicted molar refractivity (Wildman–Crippen MR) is 80.2 cm³/mol. The van der Waals surface area contributed by atoms with Gasteiger partial charge in [0.25, 0.3) is 0 Å². The highest BCUT2D eigenvalue weighted by Crippen LogP contribution is 2.18. The van der Waals surface area contributed by atoms with Gasteiger partial charge in [0.2, 0.25) is 0 Å². The van der Waals surface area contributed by atoms with Crippen molar-refractivity contribution in [3.8, 4) is 6.07 Å². The Hall–Kier alpha value is -2.91. The molecular weight excluding hydrogens is 264 g/mol. The fourth-order valence-corrected chi connectivity index (χ4v) is 2.29. The first-order valence-corrected chi connectivity index (χ1v) is 6.54. The first-order valence-electron chi connectivity index (χ1n) is 6.54. The number of anilines is 1. The van der Waals surface area contributed by atoms with Crippen LogP contribution in [0.1, 0.15) is 11.4 Å². The fourth-order valence-electron chi connectivity index (χ4n) is 2.29. The molecule has 0 radical (unpaired) electrons. The van der Waals surface area contributed by atoms with Gasteiger partial charge in [-0.05, 0) is 23.8 Å². The number of rotatable bonds is 4. The van der Waals surface area contributed by atoms with Crippen LogP contribution in [0.15, 0.2) is 42.6 Å². The van der Waals surface area contributed by atoms with Crippen molar-refractivity contribution >= 4 is 16.9 Å². The van der Waals surface area contributed by atoms with Crippen LogP contribution < -0.4 is 11.3 Å². The second-order valence-electron chi connectivity index (χ2n) is 4.63. The van der Waals surface area contributed by atoms with E-state index in [1.54, 1.807) is 6.20 Å². The van der Waals surface area contributed by atoms with Gasteiger partial charge in [-0.25, -0.2) is 15.8 Å². The van der Waals surface area contributed by atoms with Gasteiger partial charge in [-0.15, -0.1) is 0 Å². The molecule has 0 aliphatic rings. The molecule has 0 fully saturated rings. The quantitative estimate of drug-likeness (QED) is 0.561. The van der Waals surface area contributed by atoms with E-state index in [0.29, 0.717) is 12.4 Å². The van der Waals surface area contributed by atoms with Crippen molar-refractivity contribution in [1.82, 2.24) is 14.5 Å². The van der Waals surface area contributed by atoms with E-state index in [1.807, 2.05) is 41.0 Å². The zero-order chi connectivity index (χ0) is 14.7. The molecule has 0 unspecified atom stereocenters. The number of nitrogens with zero attached hydrogens (tertiary/aromatic N) is 4. The Morgan fingerprint density at radius 2 is 2.10 bits per heavy atom. The molecule has 0 amide bonds. The molecule has 2 aromatic heterocycles. The van der Waals surface area contributed by atoms with E-state index in [4.69, 9.17) is 11.1 Å². The van der Waals surface area contributed by atoms with Crippen LogP contribution in [0.25, 0.3) is 11.0 Å². The summed E-state index contributed by atoms with van der Waals surface area (Å²) in [6, 6.07) is 13.8. The molecular formula is C15H14N6. The zero-order valence-corrected chi connectivity index (χ0v) is 11.3. The second-order valence-corrected chi connectivity index (χ2v) is 4.63. The second kappa shape index (κ2) is 5.61. The maximum Gasteiger partial charge on any atom is 0.139 e. The number of nitriles is 1. The van der Waals surface area contributed by atoms with E-state index in [9.17, 15) is 0 Å². The average Bonchev–Trinajstić information content (AvgIpc) is 2.86. The minimum absolute atomic E-state index is 0.282. The summed E-state index contributed by atoms with van der Waals surface area (Å²) < 4.78 is 2.05. The number of hydrogen-bond donors (Lipinski definition) is 2. The summed E-state index contributed by atoms with van der Waals surface area (Å²) in [5.74, 6) is 6.69. The van der Waals surface area contributed by atoms with Crippen LogP contribution in [0.4, 0.5) is 5.82 Å². The Labute approximate surface area is 121 Å². The third-order valence-corrected chi connectivity index (χ3v) is 3.28. The van der Waals surface area contributed by atoms with Crippen LogP contribution in [0.3, 0.4) is 0 Å². The molecule has 0 saturated heterocycles. The third kappa shape index (κ3) is 2.55. The van der Waals surface area contributed by atoms with Crippen LogP contribution in [0.2, 0.25) is 0 Å². The Balaban J connectivity index is 2.01. The zero-order valence-electron chi connectivity index (χ0n) is 11.3. The first kappa shape index (κ1) is 13.1. The molecule has 0 saturated carbocycles. The van der Waals surface area contributed by atoms with Gasteiger partial charge < -0.3 is 9.99 Å². The molecule has 21 heavy (non-hydrogen) atoms. The van der Waals surface area contributed by atoms with E-state index in [1.165, 1.54) is 0 Å². The molecule has 2 heterocycles. The largest absolute Gasteiger partial charge is 0.323 e. The first-order chi connectivity index (χ1) is 10.3. The number of hydrogen-bond acceptors (Lipinski definition) is 5. The molecule has 0 atom stereocenters. The summed E-state index contributed by atoms with van der Waals surface area (Å²) in [4.78, 5) is 8.72. The van der Waals surface area contributed by atoms with Crippen LogP contribution in [0, 0.1) is 11.3 Å². The summed E-state index contributed by atoms with van der Waals surface area (Å²) in [5.41, 5.74) is 5.44. The monoisotopic (exact) mass is 278 g/mol. The number of hydrazine groups is 1. The van der Waals surface area contributed by atoms with Crippen LogP contribution >= 0.6 is 0 Å². The molecule has 0 aliphatic heterocycles. The highest BCUT2D eigenvalue weighted by atomic mass is 15.2. The molecule has 6 nitrogen and oxygen atoms in total. The van der Waals surface area contributed by atoms with Gasteiger partial charge in [-0.1, -0.05) is 18.2 Å². The van der Waals surface area contributed by atoms with Crippen molar-refractivity contribution in [2.45, 2.75) is 13.0 Å². The number of nitrogens with two attached hydrogens (primary N) is 1. The van der Waals surface area contributed by atoms with E-state index in [2.05, 4.69) is 21.5 Å². The third-order valence-electron chi connectivity index (χ3n) is 3.28. The number of fused-ring (bicyclic) bond motifs is 1. The molecule has 1 aromatic carbocycles. The van der Waals surface area contributed by atoms with Crippen molar-refractivity contribution in [2.24, 2.45) is 5.84 Å². The van der Waals surface area contributed by atoms with Gasteiger partial charge in [-0.3, -0.25) is 0 Å². The van der Waals surface area contributed by atoms with Gasteiger partial charge >= 0.3 is 0 Å². The average molecular weight is 278 g/mol. The number of pyridine rings is 1. The summed E-state index contributed by atoms with van der Waals surface area (Å²) in [5, 5.41) is 8.97. The molecule has 0 bridgehead atoms. The lowest BCUT2D eigenvalue weighted by molar-refractivity contribution is 0.766. The standard InChI is InChI=1S/C15H14N6/c16-8-7-15-19-12-3-1-2-4-13(12)21(15)10-11-5-6-14(20-17)18-9-11/h1-6,9H,7,10,17H2,(H,18,20). The number of aromatic nitrogens is 3. The Morgan fingerprint density at radius 1 is 1.24 bits per heavy atom. The molecule has 3 N–H and O–H groups in total. The van der Waals surface area contributed by atoms with Crippen molar-refractivity contribution in [3.63, 3.8) is 0 Å². The summed E-state index contributed by atoms with van der Waals surface area (Å²) in [6.07, 6.45) is 2.05. The van der Waals surface area contributed by atoms with Gasteiger partial charge in [0.1, 0.15) is 11.6 Å². The lowest BCUT2D eigenvalue weighted by Crippen LogP contribution is -2.09. The van der Waals surface area contributed by atoms with E-state index >= 15 is 0 Å². The van der Waals surface area contributed by atoms with Gasteiger partial charge in [-0.2, -0.15) is 5.26 Å². The molecule has 0 aliphatic carbocycles. The smallest absolute Gasteiger partial charge is 0.139 e. The van der Waals surface area contributed by atoms with Crippen LogP contribution in [-0.2, 0) is 13.0 Å². The summed E-state index contributed by atoms with van der Waals surface area (Å²) in [6.45, 7) is 0.620. The van der Waals surface area contributed by atoms with Crippen LogP contribution in [-0.4, -0.2) is 14.5 Å². The van der Waals surface area contributed by atoms with E-state index in [0.717, 1.165) is 22.4 Å². The molecule has 104 valence electrons. The SMILES string of the molecule is N#CCc1nc2ccccc2n1Cc1ccc(NN)nc1. The number of imidazole rings is 1. The maximum atomic E-state index is 8.97. The van der Waals surface area contributed by atoms with Crippen molar-refractivity contribution in [3.05, 3.63) is 54.0 Å². The number of nitrogen functional groups attached to an aromatic ring is 1. The van der Waals surface area contributed by atoms with E-state index in [-0.39, 0.29) is 6.42 Å². The van der Waals surface area contributed by atoms with Crippen molar-refractivity contribution < 1.29 is 0 Å². The Morgan fingerprint density at radius 3 is 2.81 bits per heavy atom. The topological polar surface area (TPSA) is 92.5 Å². The predicted octanol–water partition coefficient (Wildman–Crippen LogP) is 1.83. The molecule has 6 heteroatoms. The molecule has 3 rings (SSSR count). The number of benzene rings is 1. The molecule has 3 aromatic rings. The number of para-hydroxylation sites is 2. The van der Waals surface area contributed by atoms with Gasteiger partial charge in [0.05, 0.1) is 30.1 Å². The summed E-state index contributed by atoms with van der Waals surface area (Å²) in [7, 11) is 0. The van der Waals surface area contributed by atoms with Gasteiger partial charge in [0, 0.05) is 6.20 Å².